The van der Waals surface area contributed by atoms with Crippen LogP contribution in [0.25, 0.3) is 11.3 Å². The van der Waals surface area contributed by atoms with Crippen LogP contribution in [-0.4, -0.2) is 44.4 Å². The van der Waals surface area contributed by atoms with Crippen molar-refractivity contribution in [2.45, 2.75) is 76.2 Å². The Morgan fingerprint density at radius 1 is 1.14 bits per heavy atom. The van der Waals surface area contributed by atoms with Gasteiger partial charge in [0.05, 0.1) is 18.3 Å². The van der Waals surface area contributed by atoms with Gasteiger partial charge in [-0.2, -0.15) is 0 Å². The molecule has 2 saturated heterocycles. The minimum Gasteiger partial charge on any atom is -0.477 e. The maximum absolute atomic E-state index is 14.5. The summed E-state index contributed by atoms with van der Waals surface area (Å²) in [6.45, 7) is 1.93. The van der Waals surface area contributed by atoms with Gasteiger partial charge in [-0.15, -0.1) is 0 Å². The topological polar surface area (TPSA) is 102 Å². The molecule has 2 aliphatic heterocycles. The quantitative estimate of drug-likeness (QED) is 0.487. The Balaban J connectivity index is 1.21. The lowest BCUT2D eigenvalue weighted by Crippen LogP contribution is -2.46. The van der Waals surface area contributed by atoms with Gasteiger partial charge in [-0.3, -0.25) is 0 Å². The number of nitrogens with zero attached hydrogens (tertiary/aromatic N) is 4. The highest BCUT2D eigenvalue weighted by Gasteiger charge is 2.43. The van der Waals surface area contributed by atoms with E-state index >= 15 is 0 Å². The number of hydrogen-bond donors (Lipinski definition) is 1. The van der Waals surface area contributed by atoms with Crippen LogP contribution in [0.1, 0.15) is 71.9 Å². The first kappa shape index (κ1) is 23.0. The summed E-state index contributed by atoms with van der Waals surface area (Å²) in [6.07, 6.45) is 5.18. The molecule has 0 amide bonds. The van der Waals surface area contributed by atoms with Crippen molar-refractivity contribution in [1.29, 1.82) is 0 Å². The molecule has 36 heavy (non-hydrogen) atoms. The molecule has 3 atom stereocenters. The Morgan fingerprint density at radius 2 is 1.83 bits per heavy atom. The minimum absolute atomic E-state index is 0.0109. The molecule has 6 rings (SSSR count). The number of carbonyl (C=O) groups is 1. The Kier molecular flexibility index (Phi) is 5.70. The van der Waals surface area contributed by atoms with E-state index in [1.54, 1.807) is 6.92 Å². The first-order chi connectivity index (χ1) is 17.4. The Morgan fingerprint density at radius 3 is 2.47 bits per heavy atom. The lowest BCUT2D eigenvalue weighted by Gasteiger charge is -2.39. The molecule has 2 aromatic heterocycles. The highest BCUT2D eigenvalue weighted by atomic mass is 19.1. The van der Waals surface area contributed by atoms with Crippen molar-refractivity contribution >= 4 is 11.9 Å². The number of fused-ring (bicyclic) bond motifs is 2. The van der Waals surface area contributed by atoms with Gasteiger partial charge in [0.2, 0.25) is 5.95 Å². The highest BCUT2D eigenvalue weighted by Crippen LogP contribution is 2.45. The summed E-state index contributed by atoms with van der Waals surface area (Å²) in [5, 5.41) is 13.4. The van der Waals surface area contributed by atoms with Gasteiger partial charge in [0.1, 0.15) is 23.1 Å². The van der Waals surface area contributed by atoms with Crippen LogP contribution < -0.4 is 4.90 Å². The van der Waals surface area contributed by atoms with Crippen molar-refractivity contribution < 1.29 is 27.9 Å². The monoisotopic (exact) mass is 496 g/mol. The molecule has 0 radical (unpaired) electrons. The highest BCUT2D eigenvalue weighted by molar-refractivity contribution is 5.85. The van der Waals surface area contributed by atoms with E-state index in [0.29, 0.717) is 23.0 Å². The average molecular weight is 497 g/mol. The lowest BCUT2D eigenvalue weighted by atomic mass is 9.99. The zero-order chi connectivity index (χ0) is 25.0. The van der Waals surface area contributed by atoms with E-state index in [2.05, 4.69) is 20.0 Å². The molecule has 0 spiro atoms. The number of piperidine rings is 1. The minimum atomic E-state index is -1.07. The zero-order valence-electron chi connectivity index (χ0n) is 19.8. The fraction of sp³-hybridized carbons (Fsp3) is 0.462. The Hall–Kier alpha value is -3.40. The maximum atomic E-state index is 14.5. The van der Waals surface area contributed by atoms with Gasteiger partial charge < -0.3 is 19.3 Å². The van der Waals surface area contributed by atoms with Crippen molar-refractivity contribution in [3.8, 4) is 11.3 Å². The number of carboxylic acid groups (broad SMARTS) is 1. The van der Waals surface area contributed by atoms with Gasteiger partial charge in [-0.25, -0.2) is 23.5 Å². The molecule has 4 heterocycles. The van der Waals surface area contributed by atoms with Crippen LogP contribution in [0.4, 0.5) is 14.7 Å². The summed E-state index contributed by atoms with van der Waals surface area (Å²) in [5.74, 6) is -1.13. The van der Waals surface area contributed by atoms with Crippen LogP contribution in [0, 0.1) is 18.6 Å². The van der Waals surface area contributed by atoms with E-state index in [4.69, 9.17) is 9.26 Å². The third kappa shape index (κ3) is 4.13. The van der Waals surface area contributed by atoms with Crippen LogP contribution in [0.5, 0.6) is 0 Å². The number of benzene rings is 1. The second-order valence-electron chi connectivity index (χ2n) is 9.94. The number of aromatic nitrogens is 3. The molecule has 3 fully saturated rings. The summed E-state index contributed by atoms with van der Waals surface area (Å²) in [7, 11) is 0. The summed E-state index contributed by atoms with van der Waals surface area (Å²) < 4.78 is 41.0. The second-order valence-corrected chi connectivity index (χ2v) is 9.94. The van der Waals surface area contributed by atoms with Crippen LogP contribution in [0.2, 0.25) is 0 Å². The third-order valence-corrected chi connectivity index (χ3v) is 7.41. The number of aryl methyl sites for hydroxylation is 1. The number of anilines is 1. The van der Waals surface area contributed by atoms with Gasteiger partial charge in [-0.05, 0) is 63.6 Å². The maximum Gasteiger partial charge on any atom is 0.354 e. The zero-order valence-corrected chi connectivity index (χ0v) is 19.8. The number of hydrogen-bond acceptors (Lipinski definition) is 7. The van der Waals surface area contributed by atoms with Crippen LogP contribution in [0.15, 0.2) is 28.8 Å². The summed E-state index contributed by atoms with van der Waals surface area (Å²) in [6, 6.07) is 5.48. The van der Waals surface area contributed by atoms with E-state index in [-0.39, 0.29) is 47.7 Å². The summed E-state index contributed by atoms with van der Waals surface area (Å²) in [4.78, 5) is 22.4. The van der Waals surface area contributed by atoms with Gasteiger partial charge in [-0.1, -0.05) is 11.2 Å². The average Bonchev–Trinajstić information content (AvgIpc) is 3.54. The van der Waals surface area contributed by atoms with Crippen molar-refractivity contribution in [2.24, 2.45) is 0 Å². The molecule has 2 unspecified atom stereocenters. The standard InChI is InChI=1S/C26H26F2N4O4/c1-13-9-21(25(33)34)30-26(29-13)32-15-7-8-16(32)11-17(10-15)35-12-18-23(31-36-24(18)14-5-6-14)22-19(27)3-2-4-20(22)28/h2-4,9,14-17H,5-8,10-12H2,1H3,(H,33,34)/t15-,16?,17?/m0/s1. The molecule has 3 aromatic rings. The number of ether oxygens (including phenoxy) is 1. The first-order valence-corrected chi connectivity index (χ1v) is 12.3. The van der Waals surface area contributed by atoms with Gasteiger partial charge in [0.15, 0.2) is 5.69 Å². The number of carboxylic acids is 1. The molecule has 8 nitrogen and oxygen atoms in total. The smallest absolute Gasteiger partial charge is 0.354 e. The van der Waals surface area contributed by atoms with Crippen molar-refractivity contribution in [3.05, 3.63) is 58.6 Å². The van der Waals surface area contributed by atoms with Crippen molar-refractivity contribution in [1.82, 2.24) is 15.1 Å². The molecule has 1 aromatic carbocycles. The van der Waals surface area contributed by atoms with Crippen LogP contribution in [-0.2, 0) is 11.3 Å². The molecule has 1 N–H and O–H groups in total. The summed E-state index contributed by atoms with van der Waals surface area (Å²) >= 11 is 0. The van der Waals surface area contributed by atoms with Gasteiger partial charge in [0.25, 0.3) is 0 Å². The number of aromatic carboxylic acids is 1. The fourth-order valence-corrected chi connectivity index (χ4v) is 5.62. The van der Waals surface area contributed by atoms with E-state index < -0.39 is 17.6 Å². The van der Waals surface area contributed by atoms with Crippen molar-refractivity contribution in [2.75, 3.05) is 4.90 Å². The van der Waals surface area contributed by atoms with E-state index in [0.717, 1.165) is 38.5 Å². The second kappa shape index (κ2) is 8.92. The summed E-state index contributed by atoms with van der Waals surface area (Å²) in [5.41, 5.74) is 1.20. The number of halogens is 2. The first-order valence-electron chi connectivity index (χ1n) is 12.3. The van der Waals surface area contributed by atoms with Crippen LogP contribution >= 0.6 is 0 Å². The fourth-order valence-electron chi connectivity index (χ4n) is 5.62. The van der Waals surface area contributed by atoms with Crippen LogP contribution in [0.3, 0.4) is 0 Å². The van der Waals surface area contributed by atoms with Gasteiger partial charge >= 0.3 is 5.97 Å². The Labute approximate surface area is 206 Å². The predicted octanol–water partition coefficient (Wildman–Crippen LogP) is 5.01. The molecule has 2 bridgehead atoms. The molecule has 3 aliphatic rings. The number of rotatable bonds is 7. The van der Waals surface area contributed by atoms with E-state index in [9.17, 15) is 18.7 Å². The van der Waals surface area contributed by atoms with Crippen molar-refractivity contribution in [3.63, 3.8) is 0 Å². The predicted molar refractivity (Wildman–Crippen MR) is 125 cm³/mol. The third-order valence-electron chi connectivity index (χ3n) is 7.41. The molecule has 1 aliphatic carbocycles. The lowest BCUT2D eigenvalue weighted by molar-refractivity contribution is 0.0144. The Bertz CT molecular complexity index is 1290. The van der Waals surface area contributed by atoms with E-state index in [1.165, 1.54) is 24.3 Å². The van der Waals surface area contributed by atoms with E-state index in [1.807, 2.05) is 0 Å². The molecular weight excluding hydrogens is 470 g/mol. The SMILES string of the molecule is Cc1cc(C(=O)O)nc(N2C3CC[C@H]2CC(OCc2c(-c4c(F)cccc4F)noc2C2CC2)C3)n1. The molecular formula is C26H26F2N4O4. The normalized spacial score (nSPS) is 23.3. The van der Waals surface area contributed by atoms with Gasteiger partial charge in [0, 0.05) is 29.3 Å². The molecule has 10 heteroatoms. The largest absolute Gasteiger partial charge is 0.477 e. The molecule has 188 valence electrons. The molecule has 1 saturated carbocycles.